The minimum absolute atomic E-state index is 0.184. The van der Waals surface area contributed by atoms with E-state index in [1.165, 1.54) is 12.4 Å². The van der Waals surface area contributed by atoms with E-state index in [4.69, 9.17) is 5.26 Å². The molecule has 0 aliphatic heterocycles. The first-order valence-electron chi connectivity index (χ1n) is 6.18. The zero-order valence-corrected chi connectivity index (χ0v) is 11.2. The SMILES string of the molecule is Cc1ncc(C#N)c(-c2c[nH]c3ncc(C(F)(F)F)cc23)n1. The predicted octanol–water partition coefficient (Wildman–Crippen LogP) is 3.22. The van der Waals surface area contributed by atoms with Crippen LogP contribution in [0.2, 0.25) is 0 Å². The van der Waals surface area contributed by atoms with E-state index in [0.29, 0.717) is 17.0 Å². The van der Waals surface area contributed by atoms with Crippen molar-refractivity contribution >= 4 is 11.0 Å². The van der Waals surface area contributed by atoms with Gasteiger partial charge in [0, 0.05) is 29.5 Å². The largest absolute Gasteiger partial charge is 0.417 e. The van der Waals surface area contributed by atoms with E-state index >= 15 is 0 Å². The molecule has 110 valence electrons. The molecule has 0 amide bonds. The third kappa shape index (κ3) is 2.26. The molecule has 0 radical (unpaired) electrons. The Morgan fingerprint density at radius 2 is 2.00 bits per heavy atom. The van der Waals surface area contributed by atoms with Crippen molar-refractivity contribution in [3.05, 3.63) is 41.6 Å². The molecule has 1 N–H and O–H groups in total. The minimum atomic E-state index is -4.49. The maximum Gasteiger partial charge on any atom is 0.417 e. The van der Waals surface area contributed by atoms with Crippen LogP contribution < -0.4 is 0 Å². The molecule has 3 heterocycles. The molecule has 0 aliphatic rings. The second kappa shape index (κ2) is 4.80. The van der Waals surface area contributed by atoms with Crippen LogP contribution in [0.5, 0.6) is 0 Å². The highest BCUT2D eigenvalue weighted by Gasteiger charge is 2.31. The minimum Gasteiger partial charge on any atom is -0.345 e. The highest BCUT2D eigenvalue weighted by Crippen LogP contribution is 2.34. The molecule has 0 unspecified atom stereocenters. The van der Waals surface area contributed by atoms with Gasteiger partial charge in [0.1, 0.15) is 17.5 Å². The van der Waals surface area contributed by atoms with E-state index in [0.717, 1.165) is 12.3 Å². The lowest BCUT2D eigenvalue weighted by molar-refractivity contribution is -0.137. The zero-order valence-electron chi connectivity index (χ0n) is 11.2. The summed E-state index contributed by atoms with van der Waals surface area (Å²) in [5.41, 5.74) is 0.287. The smallest absolute Gasteiger partial charge is 0.345 e. The van der Waals surface area contributed by atoms with Crippen molar-refractivity contribution < 1.29 is 13.2 Å². The van der Waals surface area contributed by atoms with Crippen molar-refractivity contribution in [2.45, 2.75) is 13.1 Å². The Labute approximate surface area is 122 Å². The van der Waals surface area contributed by atoms with Crippen LogP contribution in [0.3, 0.4) is 0 Å². The van der Waals surface area contributed by atoms with Crippen molar-refractivity contribution in [2.75, 3.05) is 0 Å². The summed E-state index contributed by atoms with van der Waals surface area (Å²) in [7, 11) is 0. The summed E-state index contributed by atoms with van der Waals surface area (Å²) in [6.07, 6.45) is -0.896. The number of H-pyrrole nitrogens is 1. The van der Waals surface area contributed by atoms with Crippen molar-refractivity contribution in [2.24, 2.45) is 0 Å². The van der Waals surface area contributed by atoms with Gasteiger partial charge in [0.25, 0.3) is 0 Å². The summed E-state index contributed by atoms with van der Waals surface area (Å²) in [5, 5.41) is 9.38. The highest BCUT2D eigenvalue weighted by atomic mass is 19.4. The second-order valence-electron chi connectivity index (χ2n) is 4.61. The molecule has 3 aromatic rings. The molecule has 0 spiro atoms. The topological polar surface area (TPSA) is 78.2 Å². The molecule has 8 heteroatoms. The molecule has 0 saturated heterocycles. The van der Waals surface area contributed by atoms with Gasteiger partial charge < -0.3 is 4.98 Å². The number of aromatic amines is 1. The standard InChI is InChI=1S/C14H8F3N5/c1-7-19-4-8(3-18)12(22-7)11-6-21-13-10(11)2-9(5-20-13)14(15,16)17/h2,4-6H,1H3,(H,20,21). The Morgan fingerprint density at radius 1 is 1.23 bits per heavy atom. The molecular formula is C14H8F3N5. The molecule has 22 heavy (non-hydrogen) atoms. The van der Waals surface area contributed by atoms with Crippen molar-refractivity contribution in [1.82, 2.24) is 19.9 Å². The first-order valence-corrected chi connectivity index (χ1v) is 6.18. The maximum atomic E-state index is 12.8. The number of rotatable bonds is 1. The zero-order chi connectivity index (χ0) is 15.9. The van der Waals surface area contributed by atoms with Crippen molar-refractivity contribution in [1.29, 1.82) is 5.26 Å². The number of fused-ring (bicyclic) bond motifs is 1. The van der Waals surface area contributed by atoms with Crippen molar-refractivity contribution in [3.8, 4) is 17.3 Å². The van der Waals surface area contributed by atoms with Crippen LogP contribution in [0, 0.1) is 18.3 Å². The number of alkyl halides is 3. The number of aromatic nitrogens is 4. The lowest BCUT2D eigenvalue weighted by Crippen LogP contribution is -2.05. The van der Waals surface area contributed by atoms with Crippen LogP contribution in [0.4, 0.5) is 13.2 Å². The highest BCUT2D eigenvalue weighted by molar-refractivity contribution is 5.94. The fourth-order valence-corrected chi connectivity index (χ4v) is 2.11. The number of nitrogens with one attached hydrogen (secondary N) is 1. The van der Waals surface area contributed by atoms with Gasteiger partial charge in [-0.15, -0.1) is 0 Å². The van der Waals surface area contributed by atoms with E-state index in [9.17, 15) is 13.2 Å². The molecule has 0 saturated carbocycles. The molecule has 5 nitrogen and oxygen atoms in total. The maximum absolute atomic E-state index is 12.8. The third-order valence-corrected chi connectivity index (χ3v) is 3.14. The molecule has 0 atom stereocenters. The second-order valence-corrected chi connectivity index (χ2v) is 4.61. The monoisotopic (exact) mass is 303 g/mol. The first kappa shape index (κ1) is 14.0. The Bertz CT molecular complexity index is 905. The number of hydrogen-bond donors (Lipinski definition) is 1. The van der Waals surface area contributed by atoms with Crippen LogP contribution in [0.25, 0.3) is 22.3 Å². The van der Waals surface area contributed by atoms with Gasteiger partial charge >= 0.3 is 6.18 Å². The Balaban J connectivity index is 2.29. The van der Waals surface area contributed by atoms with Crippen LogP contribution in [0.15, 0.2) is 24.7 Å². The van der Waals surface area contributed by atoms with E-state index < -0.39 is 11.7 Å². The third-order valence-electron chi connectivity index (χ3n) is 3.14. The predicted molar refractivity (Wildman–Crippen MR) is 71.6 cm³/mol. The van der Waals surface area contributed by atoms with E-state index in [1.54, 1.807) is 6.92 Å². The number of pyridine rings is 1. The number of hydrogen-bond acceptors (Lipinski definition) is 4. The van der Waals surface area contributed by atoms with Crippen LogP contribution >= 0.6 is 0 Å². The van der Waals surface area contributed by atoms with Crippen LogP contribution in [0.1, 0.15) is 17.0 Å². The van der Waals surface area contributed by atoms with Gasteiger partial charge in [-0.25, -0.2) is 15.0 Å². The van der Waals surface area contributed by atoms with Gasteiger partial charge in [0.15, 0.2) is 0 Å². The normalized spacial score (nSPS) is 11.6. The molecule has 0 bridgehead atoms. The molecule has 3 rings (SSSR count). The fraction of sp³-hybridized carbons (Fsp3) is 0.143. The Morgan fingerprint density at radius 3 is 2.68 bits per heavy atom. The van der Waals surface area contributed by atoms with Gasteiger partial charge in [-0.3, -0.25) is 0 Å². The summed E-state index contributed by atoms with van der Waals surface area (Å²) < 4.78 is 38.5. The summed E-state index contributed by atoms with van der Waals surface area (Å²) in [6.45, 7) is 1.64. The fourth-order valence-electron chi connectivity index (χ4n) is 2.11. The lowest BCUT2D eigenvalue weighted by atomic mass is 10.1. The lowest BCUT2D eigenvalue weighted by Gasteiger charge is -2.07. The van der Waals surface area contributed by atoms with E-state index in [2.05, 4.69) is 19.9 Å². The number of nitrogens with zero attached hydrogens (tertiary/aromatic N) is 4. The summed E-state index contributed by atoms with van der Waals surface area (Å²) in [6, 6.07) is 2.93. The number of aryl methyl sites for hydroxylation is 1. The van der Waals surface area contributed by atoms with Gasteiger partial charge in [0.05, 0.1) is 16.8 Å². The summed E-state index contributed by atoms with van der Waals surface area (Å²) in [4.78, 5) is 14.6. The van der Waals surface area contributed by atoms with Crippen LogP contribution in [-0.2, 0) is 6.18 Å². The molecule has 3 aromatic heterocycles. The van der Waals surface area contributed by atoms with Crippen LogP contribution in [-0.4, -0.2) is 19.9 Å². The number of halogens is 3. The van der Waals surface area contributed by atoms with Gasteiger partial charge in [-0.05, 0) is 13.0 Å². The average molecular weight is 303 g/mol. The first-order chi connectivity index (χ1) is 10.4. The van der Waals surface area contributed by atoms with Crippen molar-refractivity contribution in [3.63, 3.8) is 0 Å². The van der Waals surface area contributed by atoms with E-state index in [-0.39, 0.29) is 16.6 Å². The quantitative estimate of drug-likeness (QED) is 0.748. The summed E-state index contributed by atoms with van der Waals surface area (Å²) >= 11 is 0. The Hall–Kier alpha value is -2.95. The van der Waals surface area contributed by atoms with Gasteiger partial charge in [0.2, 0.25) is 0 Å². The molecule has 0 aromatic carbocycles. The Kier molecular flexibility index (Phi) is 3.06. The number of nitriles is 1. The molecular weight excluding hydrogens is 295 g/mol. The van der Waals surface area contributed by atoms with E-state index in [1.807, 2.05) is 6.07 Å². The van der Waals surface area contributed by atoms with Gasteiger partial charge in [-0.1, -0.05) is 0 Å². The van der Waals surface area contributed by atoms with Gasteiger partial charge in [-0.2, -0.15) is 18.4 Å². The molecule has 0 aliphatic carbocycles. The summed E-state index contributed by atoms with van der Waals surface area (Å²) in [5.74, 6) is 0.420. The average Bonchev–Trinajstić information content (AvgIpc) is 2.89. The molecule has 0 fully saturated rings.